The van der Waals surface area contributed by atoms with Gasteiger partial charge in [-0.15, -0.1) is 24.0 Å². The number of halogens is 1. The highest BCUT2D eigenvalue weighted by Crippen LogP contribution is 2.48. The number of nitrogens with zero attached hydrogens (tertiary/aromatic N) is 1. The van der Waals surface area contributed by atoms with Crippen LogP contribution in [0.3, 0.4) is 0 Å². The van der Waals surface area contributed by atoms with E-state index in [1.54, 1.807) is 0 Å². The molecule has 22 heavy (non-hydrogen) atoms. The molecule has 0 radical (unpaired) electrons. The van der Waals surface area contributed by atoms with Crippen LogP contribution in [-0.2, 0) is 4.74 Å². The van der Waals surface area contributed by atoms with Crippen LogP contribution in [0.4, 0.5) is 5.69 Å². The fourth-order valence-electron chi connectivity index (χ4n) is 2.58. The lowest BCUT2D eigenvalue weighted by Crippen LogP contribution is -2.24. The predicted molar refractivity (Wildman–Crippen MR) is 104 cm³/mol. The zero-order valence-electron chi connectivity index (χ0n) is 13.8. The summed E-state index contributed by atoms with van der Waals surface area (Å²) in [6, 6.07) is 6.31. The minimum absolute atomic E-state index is 0. The Morgan fingerprint density at radius 2 is 1.91 bits per heavy atom. The van der Waals surface area contributed by atoms with E-state index in [-0.39, 0.29) is 24.0 Å². The zero-order chi connectivity index (χ0) is 15.3. The summed E-state index contributed by atoms with van der Waals surface area (Å²) in [6.07, 6.45) is 3.56. The molecule has 1 aromatic rings. The molecule has 0 bridgehead atoms. The number of rotatable bonds is 7. The summed E-state index contributed by atoms with van der Waals surface area (Å²) in [6.45, 7) is 8.61. The van der Waals surface area contributed by atoms with Crippen LogP contribution in [0.1, 0.15) is 37.3 Å². The third kappa shape index (κ3) is 6.12. The highest BCUT2D eigenvalue weighted by atomic mass is 127. The van der Waals surface area contributed by atoms with Crippen molar-refractivity contribution in [1.29, 1.82) is 0 Å². The first-order valence-electron chi connectivity index (χ1n) is 7.76. The van der Waals surface area contributed by atoms with Crippen LogP contribution in [0, 0.1) is 19.3 Å². The predicted octanol–water partition coefficient (Wildman–Crippen LogP) is 3.85. The number of ether oxygens (including phenoxy) is 1. The second-order valence-electron chi connectivity index (χ2n) is 6.15. The van der Waals surface area contributed by atoms with Gasteiger partial charge in [-0.1, -0.05) is 6.07 Å². The van der Waals surface area contributed by atoms with Gasteiger partial charge in [-0.3, -0.25) is 4.99 Å². The Kier molecular flexibility index (Phi) is 7.62. The first-order valence-corrected chi connectivity index (χ1v) is 7.76. The van der Waals surface area contributed by atoms with Gasteiger partial charge in [0.2, 0.25) is 0 Å². The quantitative estimate of drug-likeness (QED) is 0.307. The molecule has 0 amide bonds. The molecule has 5 heteroatoms. The van der Waals surface area contributed by atoms with Crippen LogP contribution in [0.15, 0.2) is 23.2 Å². The van der Waals surface area contributed by atoms with Gasteiger partial charge in [0.15, 0.2) is 5.96 Å². The topological polar surface area (TPSA) is 59.6 Å². The summed E-state index contributed by atoms with van der Waals surface area (Å²) in [5.41, 5.74) is 9.79. The van der Waals surface area contributed by atoms with E-state index in [1.165, 1.54) is 24.0 Å². The second kappa shape index (κ2) is 8.72. The summed E-state index contributed by atoms with van der Waals surface area (Å²) in [4.78, 5) is 4.52. The molecule has 0 aliphatic heterocycles. The number of nitrogens with two attached hydrogens (primary N) is 1. The summed E-state index contributed by atoms with van der Waals surface area (Å²) >= 11 is 0. The lowest BCUT2D eigenvalue weighted by molar-refractivity contribution is 0.129. The van der Waals surface area contributed by atoms with E-state index in [1.807, 2.05) is 6.92 Å². The molecule has 0 saturated heterocycles. The lowest BCUT2D eigenvalue weighted by atomic mass is 10.0. The molecule has 3 N–H and O–H groups in total. The van der Waals surface area contributed by atoms with Gasteiger partial charge in [0, 0.05) is 25.4 Å². The van der Waals surface area contributed by atoms with E-state index in [2.05, 4.69) is 42.4 Å². The number of nitrogens with one attached hydrogen (secondary N) is 1. The van der Waals surface area contributed by atoms with Crippen molar-refractivity contribution in [2.75, 3.05) is 25.1 Å². The molecule has 1 fully saturated rings. The molecule has 0 spiro atoms. The van der Waals surface area contributed by atoms with Gasteiger partial charge in [0.1, 0.15) is 0 Å². The summed E-state index contributed by atoms with van der Waals surface area (Å²) in [7, 11) is 0. The minimum Gasteiger partial charge on any atom is -0.382 e. The van der Waals surface area contributed by atoms with E-state index in [0.29, 0.717) is 11.4 Å². The molecular weight excluding hydrogens is 389 g/mol. The van der Waals surface area contributed by atoms with Crippen molar-refractivity contribution >= 4 is 35.6 Å². The molecule has 124 valence electrons. The highest BCUT2D eigenvalue weighted by molar-refractivity contribution is 14.0. The van der Waals surface area contributed by atoms with Crippen molar-refractivity contribution in [2.24, 2.45) is 16.1 Å². The van der Waals surface area contributed by atoms with Crippen LogP contribution >= 0.6 is 24.0 Å². The van der Waals surface area contributed by atoms with Gasteiger partial charge in [-0.05, 0) is 68.7 Å². The van der Waals surface area contributed by atoms with Gasteiger partial charge in [0.05, 0.1) is 0 Å². The number of anilines is 1. The first kappa shape index (κ1) is 19.2. The van der Waals surface area contributed by atoms with Crippen LogP contribution in [0.2, 0.25) is 0 Å². The molecule has 0 aromatic heterocycles. The average molecular weight is 417 g/mol. The van der Waals surface area contributed by atoms with E-state index in [0.717, 1.165) is 31.9 Å². The van der Waals surface area contributed by atoms with Crippen molar-refractivity contribution in [3.8, 4) is 0 Å². The Morgan fingerprint density at radius 1 is 1.27 bits per heavy atom. The maximum absolute atomic E-state index is 6.00. The third-order valence-electron chi connectivity index (χ3n) is 4.02. The number of aryl methyl sites for hydroxylation is 2. The lowest BCUT2D eigenvalue weighted by Gasteiger charge is -2.13. The van der Waals surface area contributed by atoms with Crippen molar-refractivity contribution in [3.05, 3.63) is 29.3 Å². The van der Waals surface area contributed by atoms with Crippen molar-refractivity contribution in [3.63, 3.8) is 0 Å². The average Bonchev–Trinajstić information content (AvgIpc) is 3.16. The maximum atomic E-state index is 6.00. The standard InChI is InChI=1S/C17H27N3O.HI/c1-4-21-8-7-17(5-6-17)12-19-16(18)20-15-10-13(2)9-14(3)11-15;/h9-11H,4-8,12H2,1-3H3,(H3,18,19,20);1H. The Morgan fingerprint density at radius 3 is 2.45 bits per heavy atom. The summed E-state index contributed by atoms with van der Waals surface area (Å²) in [5.74, 6) is 0.502. The number of guanidine groups is 1. The number of benzene rings is 1. The normalized spacial score (nSPS) is 16.0. The first-order chi connectivity index (χ1) is 10.0. The Hall–Kier alpha value is -0.820. The Balaban J connectivity index is 0.00000242. The minimum atomic E-state index is 0. The Bertz CT molecular complexity index is 492. The third-order valence-corrected chi connectivity index (χ3v) is 4.02. The van der Waals surface area contributed by atoms with Gasteiger partial charge in [-0.25, -0.2) is 0 Å². The van der Waals surface area contributed by atoms with Gasteiger partial charge in [0.25, 0.3) is 0 Å². The van der Waals surface area contributed by atoms with Crippen molar-refractivity contribution < 1.29 is 4.74 Å². The molecule has 4 nitrogen and oxygen atoms in total. The zero-order valence-corrected chi connectivity index (χ0v) is 16.1. The number of hydrogen-bond acceptors (Lipinski definition) is 2. The van der Waals surface area contributed by atoms with Crippen LogP contribution in [0.5, 0.6) is 0 Å². The molecule has 1 aliphatic rings. The second-order valence-corrected chi connectivity index (χ2v) is 6.15. The molecular formula is C17H28IN3O. The molecule has 0 atom stereocenters. The smallest absolute Gasteiger partial charge is 0.193 e. The summed E-state index contributed by atoms with van der Waals surface area (Å²) in [5, 5.41) is 3.19. The molecule has 1 aromatic carbocycles. The van der Waals surface area contributed by atoms with Crippen molar-refractivity contribution in [2.45, 2.75) is 40.0 Å². The molecule has 1 saturated carbocycles. The highest BCUT2D eigenvalue weighted by Gasteiger charge is 2.41. The summed E-state index contributed by atoms with van der Waals surface area (Å²) < 4.78 is 5.44. The SMILES string of the molecule is CCOCCC1(CN=C(N)Nc2cc(C)cc(C)c2)CC1.I. The van der Waals surface area contributed by atoms with E-state index < -0.39 is 0 Å². The molecule has 1 aliphatic carbocycles. The van der Waals surface area contributed by atoms with Gasteiger partial charge < -0.3 is 15.8 Å². The van der Waals surface area contributed by atoms with Crippen molar-refractivity contribution in [1.82, 2.24) is 0 Å². The fourth-order valence-corrected chi connectivity index (χ4v) is 2.58. The Labute approximate surface area is 150 Å². The van der Waals surface area contributed by atoms with Gasteiger partial charge in [-0.2, -0.15) is 0 Å². The molecule has 2 rings (SSSR count). The largest absolute Gasteiger partial charge is 0.382 e. The maximum Gasteiger partial charge on any atom is 0.193 e. The van der Waals surface area contributed by atoms with Crippen LogP contribution < -0.4 is 11.1 Å². The fraction of sp³-hybridized carbons (Fsp3) is 0.588. The van der Waals surface area contributed by atoms with Crippen LogP contribution in [-0.4, -0.2) is 25.7 Å². The monoisotopic (exact) mass is 417 g/mol. The number of hydrogen-bond donors (Lipinski definition) is 2. The van der Waals surface area contributed by atoms with E-state index in [4.69, 9.17) is 10.5 Å². The van der Waals surface area contributed by atoms with Gasteiger partial charge >= 0.3 is 0 Å². The number of aliphatic imine (C=N–C) groups is 1. The van der Waals surface area contributed by atoms with E-state index in [9.17, 15) is 0 Å². The molecule has 0 heterocycles. The molecule has 0 unspecified atom stereocenters. The van der Waals surface area contributed by atoms with E-state index >= 15 is 0 Å². The van der Waals surface area contributed by atoms with Crippen LogP contribution in [0.25, 0.3) is 0 Å².